The van der Waals surface area contributed by atoms with E-state index in [-0.39, 0.29) is 18.9 Å². The number of carbonyl (C=O) groups excluding carboxylic acids is 4. The van der Waals surface area contributed by atoms with Crippen molar-refractivity contribution in [3.63, 3.8) is 0 Å². The zero-order chi connectivity index (χ0) is 38.9. The summed E-state index contributed by atoms with van der Waals surface area (Å²) in [7, 11) is 0. The van der Waals surface area contributed by atoms with Gasteiger partial charge in [-0.05, 0) is 0 Å². The second kappa shape index (κ2) is 29.8. The van der Waals surface area contributed by atoms with Gasteiger partial charge in [-0.2, -0.15) is 0 Å². The van der Waals surface area contributed by atoms with Crippen LogP contribution in [0.2, 0.25) is 0 Å². The summed E-state index contributed by atoms with van der Waals surface area (Å²) in [4.78, 5) is 40.2. The lowest BCUT2D eigenvalue weighted by Crippen LogP contribution is -2.46. The Kier molecular flexibility index (Phi) is 32.7. The first-order chi connectivity index (χ1) is 22.2. The standard InChI is InChI=1S/4C6H12O6/c4*7-1-3(9)5(11)6(12)4(10)2-8/h3,5-9,11-12H,1-2H2;3*1,3-6,8-12H,2H2. The third-order valence-electron chi connectivity index (χ3n) is 5.65. The lowest BCUT2D eigenvalue weighted by molar-refractivity contribution is -0.142. The molecule has 15 atom stereocenters. The van der Waals surface area contributed by atoms with Crippen LogP contribution in [-0.2, 0) is 19.2 Å². The van der Waals surface area contributed by atoms with Crippen molar-refractivity contribution >= 4 is 24.6 Å². The van der Waals surface area contributed by atoms with E-state index in [1.807, 2.05) is 0 Å². The highest BCUT2D eigenvalue weighted by Crippen LogP contribution is 2.05. The molecule has 24 heteroatoms. The van der Waals surface area contributed by atoms with E-state index in [1.165, 1.54) is 0 Å². The fourth-order valence-corrected chi connectivity index (χ4v) is 2.46. The van der Waals surface area contributed by atoms with Gasteiger partial charge in [0.25, 0.3) is 0 Å². The number of carbonyl (C=O) groups is 4. The molecule has 48 heavy (non-hydrogen) atoms. The van der Waals surface area contributed by atoms with Crippen LogP contribution in [0.5, 0.6) is 0 Å². The highest BCUT2D eigenvalue weighted by atomic mass is 16.4. The largest absolute Gasteiger partial charge is 0.394 e. The smallest absolute Gasteiger partial charge is 0.189 e. The zero-order valence-corrected chi connectivity index (χ0v) is 25.0. The van der Waals surface area contributed by atoms with E-state index in [0.29, 0.717) is 0 Å². The van der Waals surface area contributed by atoms with E-state index < -0.39 is 130 Å². The average Bonchev–Trinajstić information content (AvgIpc) is 3.12. The van der Waals surface area contributed by atoms with Crippen molar-refractivity contribution in [2.75, 3.05) is 33.0 Å². The number of hydrogen-bond acceptors (Lipinski definition) is 24. The molecule has 0 amide bonds. The predicted octanol–water partition coefficient (Wildman–Crippen LogP) is -13.5. The highest BCUT2D eigenvalue weighted by Gasteiger charge is 2.31. The molecule has 0 radical (unpaired) electrons. The van der Waals surface area contributed by atoms with Gasteiger partial charge in [0.2, 0.25) is 0 Å². The van der Waals surface area contributed by atoms with Crippen molar-refractivity contribution in [3.8, 4) is 0 Å². The maximum Gasteiger partial charge on any atom is 0.189 e. The number of Topliss-reactive ketones (excluding diaryl/α,β-unsaturated/α-hetero) is 1. The van der Waals surface area contributed by atoms with Crippen molar-refractivity contribution in [3.05, 3.63) is 0 Å². The Morgan fingerprint density at radius 1 is 0.375 bits per heavy atom. The van der Waals surface area contributed by atoms with E-state index in [4.69, 9.17) is 102 Å². The molecule has 20 N–H and O–H groups in total. The molecular weight excluding hydrogens is 672 g/mol. The average molecular weight is 721 g/mol. The van der Waals surface area contributed by atoms with Crippen LogP contribution in [0, 0.1) is 0 Å². The summed E-state index contributed by atoms with van der Waals surface area (Å²) in [5.41, 5.74) is 0. The molecule has 0 saturated heterocycles. The zero-order valence-electron chi connectivity index (χ0n) is 25.0. The topological polar surface area (TPSA) is 473 Å². The molecule has 0 aliphatic rings. The Morgan fingerprint density at radius 3 is 0.750 bits per heavy atom. The van der Waals surface area contributed by atoms with Crippen LogP contribution < -0.4 is 0 Å². The van der Waals surface area contributed by atoms with E-state index in [0.717, 1.165) is 0 Å². The van der Waals surface area contributed by atoms with Gasteiger partial charge in [-0.15, -0.1) is 0 Å². The van der Waals surface area contributed by atoms with Crippen LogP contribution in [0.25, 0.3) is 0 Å². The molecule has 288 valence electrons. The first kappa shape index (κ1) is 52.7. The minimum Gasteiger partial charge on any atom is -0.394 e. The normalized spacial score (nSPS) is 20.4. The van der Waals surface area contributed by atoms with Gasteiger partial charge in [-0.25, -0.2) is 0 Å². The summed E-state index contributed by atoms with van der Waals surface area (Å²) in [5.74, 6) is -1.00. The van der Waals surface area contributed by atoms with Crippen molar-refractivity contribution < 1.29 is 121 Å². The summed E-state index contributed by atoms with van der Waals surface area (Å²) in [5, 5.41) is 174. The van der Waals surface area contributed by atoms with Crippen LogP contribution in [0.4, 0.5) is 0 Å². The van der Waals surface area contributed by atoms with Crippen LogP contribution in [0.15, 0.2) is 0 Å². The maximum atomic E-state index is 10.5. The molecule has 0 spiro atoms. The molecule has 15 unspecified atom stereocenters. The summed E-state index contributed by atoms with van der Waals surface area (Å²) >= 11 is 0. The molecule has 0 aromatic carbocycles. The number of aliphatic hydroxyl groups excluding tert-OH is 20. The number of aldehydes is 3. The first-order valence-electron chi connectivity index (χ1n) is 13.3. The van der Waals surface area contributed by atoms with Crippen LogP contribution in [-0.4, -0.2) is 251 Å². The van der Waals surface area contributed by atoms with Crippen molar-refractivity contribution in [2.24, 2.45) is 0 Å². The van der Waals surface area contributed by atoms with E-state index in [2.05, 4.69) is 0 Å². The minimum atomic E-state index is -1.86. The number of hydrogen-bond donors (Lipinski definition) is 20. The van der Waals surface area contributed by atoms with Crippen LogP contribution in [0.1, 0.15) is 0 Å². The van der Waals surface area contributed by atoms with Gasteiger partial charge in [0, 0.05) is 0 Å². The van der Waals surface area contributed by atoms with Gasteiger partial charge in [-0.1, -0.05) is 0 Å². The lowest BCUT2D eigenvalue weighted by atomic mass is 10.0. The predicted molar refractivity (Wildman–Crippen MR) is 149 cm³/mol. The molecule has 0 heterocycles. The molecular formula is C24H48O24. The Hall–Kier alpha value is -2.12. The van der Waals surface area contributed by atoms with Crippen molar-refractivity contribution in [2.45, 2.75) is 91.6 Å². The molecule has 0 aromatic heterocycles. The van der Waals surface area contributed by atoms with Gasteiger partial charge in [0.05, 0.1) is 26.4 Å². The Balaban J connectivity index is -0.000000269. The van der Waals surface area contributed by atoms with Crippen molar-refractivity contribution in [1.82, 2.24) is 0 Å². The molecule has 0 saturated carbocycles. The van der Waals surface area contributed by atoms with Crippen LogP contribution in [0.3, 0.4) is 0 Å². The molecule has 0 rings (SSSR count). The van der Waals surface area contributed by atoms with Gasteiger partial charge in [0.15, 0.2) is 24.6 Å². The van der Waals surface area contributed by atoms with E-state index >= 15 is 0 Å². The molecule has 0 aliphatic heterocycles. The Bertz CT molecular complexity index is 745. The van der Waals surface area contributed by atoms with Gasteiger partial charge in [0.1, 0.15) is 98.2 Å². The quantitative estimate of drug-likeness (QED) is 0.0519. The number of rotatable bonds is 20. The Labute approximate surface area is 271 Å². The monoisotopic (exact) mass is 720 g/mol. The SMILES string of the molecule is O=C(CO)C(O)C(O)C(O)CO.O=CC(O)C(O)C(O)C(O)CO.O=CC(O)C(O)C(O)C(O)CO.O=CC(O)C(O)C(O)C(O)CO. The summed E-state index contributed by atoms with van der Waals surface area (Å²) in [6, 6.07) is 0. The third kappa shape index (κ3) is 21.1. The maximum absolute atomic E-state index is 10.5. The van der Waals surface area contributed by atoms with Crippen molar-refractivity contribution in [1.29, 1.82) is 0 Å². The molecule has 0 aliphatic carbocycles. The fourth-order valence-electron chi connectivity index (χ4n) is 2.46. The second-order valence-electron chi connectivity index (χ2n) is 9.38. The second-order valence-corrected chi connectivity index (χ2v) is 9.38. The fraction of sp³-hybridized carbons (Fsp3) is 0.833. The van der Waals surface area contributed by atoms with Gasteiger partial charge >= 0.3 is 0 Å². The first-order valence-corrected chi connectivity index (χ1v) is 13.3. The molecule has 0 aromatic rings. The van der Waals surface area contributed by atoms with Gasteiger partial charge in [-0.3, -0.25) is 4.79 Å². The number of ketones is 1. The molecule has 0 fully saturated rings. The van der Waals surface area contributed by atoms with Crippen LogP contribution >= 0.6 is 0 Å². The summed E-state index contributed by atoms with van der Waals surface area (Å²) in [6.07, 6.45) is -25.7. The van der Waals surface area contributed by atoms with E-state index in [1.54, 1.807) is 0 Å². The third-order valence-corrected chi connectivity index (χ3v) is 5.65. The number of aliphatic hydroxyl groups is 20. The Morgan fingerprint density at radius 2 is 0.583 bits per heavy atom. The molecule has 0 bridgehead atoms. The minimum absolute atomic E-state index is 0.0258. The summed E-state index contributed by atoms with van der Waals surface area (Å²) < 4.78 is 0. The lowest BCUT2D eigenvalue weighted by Gasteiger charge is -2.22. The highest BCUT2D eigenvalue weighted by molar-refractivity contribution is 5.84. The summed E-state index contributed by atoms with van der Waals surface area (Å²) in [6.45, 7) is -3.97. The van der Waals surface area contributed by atoms with E-state index in [9.17, 15) is 19.2 Å². The molecule has 24 nitrogen and oxygen atoms in total. The van der Waals surface area contributed by atoms with Gasteiger partial charge < -0.3 is 117 Å².